The van der Waals surface area contributed by atoms with E-state index in [1.165, 1.54) is 12.8 Å². The van der Waals surface area contributed by atoms with Gasteiger partial charge in [0, 0.05) is 0 Å². The second-order valence-corrected chi connectivity index (χ2v) is 5.13. The lowest BCUT2D eigenvalue weighted by Gasteiger charge is -2.30. The van der Waals surface area contributed by atoms with Crippen LogP contribution < -0.4 is 0 Å². The van der Waals surface area contributed by atoms with Crippen molar-refractivity contribution < 1.29 is 4.74 Å². The molecule has 0 bridgehead atoms. The Hall–Kier alpha value is -0.560. The van der Waals surface area contributed by atoms with Crippen LogP contribution in [0.5, 0.6) is 0 Å². The van der Waals surface area contributed by atoms with Crippen LogP contribution in [0.4, 0.5) is 0 Å². The molecule has 1 nitrogen and oxygen atoms in total. The van der Waals surface area contributed by atoms with Crippen molar-refractivity contribution in [2.45, 2.75) is 51.7 Å². The van der Waals surface area contributed by atoms with E-state index in [1.54, 1.807) is 0 Å². The third kappa shape index (κ3) is 3.20. The summed E-state index contributed by atoms with van der Waals surface area (Å²) < 4.78 is 6.17. The van der Waals surface area contributed by atoms with Crippen LogP contribution in [0.3, 0.4) is 0 Å². The van der Waals surface area contributed by atoms with Gasteiger partial charge in [0.25, 0.3) is 0 Å². The van der Waals surface area contributed by atoms with Crippen molar-refractivity contribution in [1.29, 1.82) is 0 Å². The van der Waals surface area contributed by atoms with Crippen LogP contribution in [0.15, 0.2) is 24.3 Å². The van der Waals surface area contributed by atoms with Gasteiger partial charge < -0.3 is 4.74 Å². The Labute approximate surface area is 93.2 Å². The molecule has 0 spiro atoms. The monoisotopic (exact) mass is 206 g/mol. The third-order valence-electron chi connectivity index (χ3n) is 3.38. The van der Waals surface area contributed by atoms with Gasteiger partial charge in [0.1, 0.15) is 0 Å². The zero-order valence-corrected chi connectivity index (χ0v) is 9.86. The summed E-state index contributed by atoms with van der Waals surface area (Å²) in [7, 11) is 0. The second-order valence-electron chi connectivity index (χ2n) is 5.13. The lowest BCUT2D eigenvalue weighted by atomic mass is 9.93. The fourth-order valence-corrected chi connectivity index (χ4v) is 2.60. The van der Waals surface area contributed by atoms with Crippen molar-refractivity contribution in [3.63, 3.8) is 0 Å². The highest BCUT2D eigenvalue weighted by Crippen LogP contribution is 2.26. The molecule has 0 aliphatic heterocycles. The van der Waals surface area contributed by atoms with Gasteiger partial charge in [-0.25, -0.2) is 0 Å². The van der Waals surface area contributed by atoms with E-state index in [9.17, 15) is 0 Å². The van der Waals surface area contributed by atoms with E-state index in [0.717, 1.165) is 12.8 Å². The van der Waals surface area contributed by atoms with Crippen molar-refractivity contribution in [2.75, 3.05) is 0 Å². The van der Waals surface area contributed by atoms with Crippen molar-refractivity contribution in [3.05, 3.63) is 24.3 Å². The minimum absolute atomic E-state index is 0.466. The van der Waals surface area contributed by atoms with Crippen molar-refractivity contribution in [3.8, 4) is 0 Å². The lowest BCUT2D eigenvalue weighted by molar-refractivity contribution is -0.0297. The fourth-order valence-electron chi connectivity index (χ4n) is 2.60. The first-order valence-electron chi connectivity index (χ1n) is 6.23. The molecule has 2 aliphatic carbocycles. The van der Waals surface area contributed by atoms with E-state index in [2.05, 4.69) is 38.2 Å². The summed E-state index contributed by atoms with van der Waals surface area (Å²) in [5.74, 6) is 1.39. The minimum Gasteiger partial charge on any atom is -0.374 e. The summed E-state index contributed by atoms with van der Waals surface area (Å²) in [6.45, 7) is 4.55. The standard InChI is InChI=1S/C14H22O/c1-11-5-3-7-13(9-11)15-14-8-4-6-12(2)10-14/h3-6,11-14H,7-10H2,1-2H3. The normalized spacial score (nSPS) is 40.7. The Balaban J connectivity index is 1.82. The maximum atomic E-state index is 6.17. The predicted molar refractivity (Wildman–Crippen MR) is 63.7 cm³/mol. The van der Waals surface area contributed by atoms with Crippen LogP contribution in [-0.4, -0.2) is 12.2 Å². The molecule has 0 heterocycles. The first-order valence-corrected chi connectivity index (χ1v) is 6.23. The van der Waals surface area contributed by atoms with Crippen LogP contribution in [-0.2, 0) is 4.74 Å². The third-order valence-corrected chi connectivity index (χ3v) is 3.38. The van der Waals surface area contributed by atoms with Gasteiger partial charge in [-0.1, -0.05) is 38.2 Å². The summed E-state index contributed by atoms with van der Waals surface area (Å²) in [4.78, 5) is 0. The van der Waals surface area contributed by atoms with Gasteiger partial charge in [0.05, 0.1) is 12.2 Å². The van der Waals surface area contributed by atoms with Gasteiger partial charge in [0.2, 0.25) is 0 Å². The van der Waals surface area contributed by atoms with Gasteiger partial charge in [-0.3, -0.25) is 0 Å². The predicted octanol–water partition coefficient (Wildman–Crippen LogP) is 3.71. The second kappa shape index (κ2) is 4.98. The van der Waals surface area contributed by atoms with Crippen molar-refractivity contribution in [2.24, 2.45) is 11.8 Å². The SMILES string of the molecule is CC1C=CCC(OC2CC=CC(C)C2)C1. The molecule has 0 radical (unpaired) electrons. The lowest BCUT2D eigenvalue weighted by Crippen LogP contribution is -2.27. The van der Waals surface area contributed by atoms with Gasteiger partial charge in [0.15, 0.2) is 0 Å². The molecule has 0 fully saturated rings. The smallest absolute Gasteiger partial charge is 0.0618 e. The van der Waals surface area contributed by atoms with E-state index in [4.69, 9.17) is 4.74 Å². The molecule has 2 aliphatic rings. The molecule has 0 aromatic carbocycles. The quantitative estimate of drug-likeness (QED) is 0.626. The summed E-state index contributed by atoms with van der Waals surface area (Å²) >= 11 is 0. The molecule has 4 atom stereocenters. The molecule has 84 valence electrons. The maximum Gasteiger partial charge on any atom is 0.0618 e. The van der Waals surface area contributed by atoms with E-state index in [1.807, 2.05) is 0 Å². The maximum absolute atomic E-state index is 6.17. The average Bonchev–Trinajstić information content (AvgIpc) is 2.17. The van der Waals surface area contributed by atoms with Crippen LogP contribution in [0, 0.1) is 11.8 Å². The highest BCUT2D eigenvalue weighted by molar-refractivity contribution is 4.98. The fraction of sp³-hybridized carbons (Fsp3) is 0.714. The molecule has 0 aromatic rings. The molecule has 1 heteroatoms. The zero-order chi connectivity index (χ0) is 10.7. The summed E-state index contributed by atoms with van der Waals surface area (Å²) in [5.41, 5.74) is 0. The number of ether oxygens (including phenoxy) is 1. The molecule has 2 rings (SSSR count). The largest absolute Gasteiger partial charge is 0.374 e. The van der Waals surface area contributed by atoms with Gasteiger partial charge in [-0.15, -0.1) is 0 Å². The number of allylic oxidation sites excluding steroid dienone is 2. The Morgan fingerprint density at radius 2 is 1.33 bits per heavy atom. The highest BCUT2D eigenvalue weighted by atomic mass is 16.5. The van der Waals surface area contributed by atoms with Crippen LogP contribution in [0.1, 0.15) is 39.5 Å². The molecular formula is C14H22O. The first-order chi connectivity index (χ1) is 7.24. The Morgan fingerprint density at radius 1 is 0.867 bits per heavy atom. The number of hydrogen-bond donors (Lipinski definition) is 0. The molecule has 0 N–H and O–H groups in total. The minimum atomic E-state index is 0.466. The van der Waals surface area contributed by atoms with Gasteiger partial charge in [-0.05, 0) is 37.5 Å². The van der Waals surface area contributed by atoms with Crippen molar-refractivity contribution in [1.82, 2.24) is 0 Å². The van der Waals surface area contributed by atoms with E-state index < -0.39 is 0 Å². The van der Waals surface area contributed by atoms with Crippen LogP contribution in [0.25, 0.3) is 0 Å². The first kappa shape index (κ1) is 10.9. The number of hydrogen-bond acceptors (Lipinski definition) is 1. The van der Waals surface area contributed by atoms with Crippen LogP contribution >= 0.6 is 0 Å². The Bertz CT molecular complexity index is 228. The molecule has 15 heavy (non-hydrogen) atoms. The van der Waals surface area contributed by atoms with E-state index in [-0.39, 0.29) is 0 Å². The molecular weight excluding hydrogens is 184 g/mol. The molecule has 0 amide bonds. The van der Waals surface area contributed by atoms with Gasteiger partial charge in [-0.2, -0.15) is 0 Å². The molecule has 0 aromatic heterocycles. The Morgan fingerprint density at radius 3 is 1.73 bits per heavy atom. The molecule has 0 saturated carbocycles. The summed E-state index contributed by atoms with van der Waals surface area (Å²) in [6.07, 6.45) is 14.7. The number of rotatable bonds is 2. The Kier molecular flexibility index (Phi) is 3.63. The molecule has 0 saturated heterocycles. The summed E-state index contributed by atoms with van der Waals surface area (Å²) in [5, 5.41) is 0. The van der Waals surface area contributed by atoms with Gasteiger partial charge >= 0.3 is 0 Å². The summed E-state index contributed by atoms with van der Waals surface area (Å²) in [6, 6.07) is 0. The van der Waals surface area contributed by atoms with Crippen LogP contribution in [0.2, 0.25) is 0 Å². The molecule has 4 unspecified atom stereocenters. The van der Waals surface area contributed by atoms with E-state index in [0.29, 0.717) is 24.0 Å². The highest BCUT2D eigenvalue weighted by Gasteiger charge is 2.21. The van der Waals surface area contributed by atoms with Crippen molar-refractivity contribution >= 4 is 0 Å². The zero-order valence-electron chi connectivity index (χ0n) is 9.86. The topological polar surface area (TPSA) is 9.23 Å². The average molecular weight is 206 g/mol. The van der Waals surface area contributed by atoms with E-state index >= 15 is 0 Å².